The predicted molar refractivity (Wildman–Crippen MR) is 105 cm³/mol. The molecule has 0 unspecified atom stereocenters. The Labute approximate surface area is 169 Å². The van der Waals surface area contributed by atoms with Gasteiger partial charge in [0.2, 0.25) is 0 Å². The second-order valence-electron chi connectivity index (χ2n) is 7.47. The summed E-state index contributed by atoms with van der Waals surface area (Å²) in [5, 5.41) is 6.47. The van der Waals surface area contributed by atoms with Crippen LogP contribution in [0.5, 0.6) is 5.75 Å². The van der Waals surface area contributed by atoms with Crippen LogP contribution in [0.4, 0.5) is 13.2 Å². The van der Waals surface area contributed by atoms with Crippen molar-refractivity contribution in [3.8, 4) is 5.75 Å². The number of hydrogen-bond donors (Lipinski definition) is 2. The van der Waals surface area contributed by atoms with Crippen LogP contribution in [0.15, 0.2) is 29.3 Å². The van der Waals surface area contributed by atoms with E-state index in [2.05, 4.69) is 25.3 Å². The molecule has 1 aromatic rings. The number of guanidine groups is 1. The van der Waals surface area contributed by atoms with E-state index in [4.69, 9.17) is 4.74 Å². The van der Waals surface area contributed by atoms with Crippen LogP contribution in [-0.4, -0.2) is 62.7 Å². The van der Waals surface area contributed by atoms with Gasteiger partial charge in [0.1, 0.15) is 5.75 Å². The zero-order chi connectivity index (χ0) is 20.7. The average molecular weight is 414 g/mol. The molecule has 29 heavy (non-hydrogen) atoms. The molecule has 2 aliphatic rings. The van der Waals surface area contributed by atoms with Gasteiger partial charge in [-0.1, -0.05) is 18.2 Å². The lowest BCUT2D eigenvalue weighted by molar-refractivity contribution is -0.274. The summed E-state index contributed by atoms with van der Waals surface area (Å²) in [6, 6.07) is 6.11. The lowest BCUT2D eigenvalue weighted by Crippen LogP contribution is -2.58. The smallest absolute Gasteiger partial charge is 0.405 e. The van der Waals surface area contributed by atoms with Gasteiger partial charge in [0.05, 0.1) is 0 Å². The fourth-order valence-electron chi connectivity index (χ4n) is 4.07. The highest BCUT2D eigenvalue weighted by Gasteiger charge is 2.39. The first-order chi connectivity index (χ1) is 13.9. The number of ether oxygens (including phenoxy) is 2. The zero-order valence-electron chi connectivity index (χ0n) is 16.7. The summed E-state index contributed by atoms with van der Waals surface area (Å²) in [7, 11) is 1.65. The van der Waals surface area contributed by atoms with E-state index in [1.54, 1.807) is 19.2 Å². The maximum absolute atomic E-state index is 12.6. The van der Waals surface area contributed by atoms with Crippen molar-refractivity contribution < 1.29 is 22.6 Å². The second kappa shape index (κ2) is 9.67. The number of halogens is 3. The average Bonchev–Trinajstić information content (AvgIpc) is 3.24. The number of nitrogens with one attached hydrogen (secondary N) is 2. The van der Waals surface area contributed by atoms with E-state index in [0.29, 0.717) is 11.5 Å². The fourth-order valence-corrected chi connectivity index (χ4v) is 4.07. The number of rotatable bonds is 6. The zero-order valence-corrected chi connectivity index (χ0v) is 16.7. The van der Waals surface area contributed by atoms with Gasteiger partial charge in [-0.05, 0) is 44.8 Å². The van der Waals surface area contributed by atoms with Crippen LogP contribution in [0.25, 0.3) is 0 Å². The Morgan fingerprint density at radius 1 is 1.17 bits per heavy atom. The van der Waals surface area contributed by atoms with Gasteiger partial charge in [0.15, 0.2) is 5.96 Å². The van der Waals surface area contributed by atoms with Crippen LogP contribution >= 0.6 is 0 Å². The second-order valence-corrected chi connectivity index (χ2v) is 7.47. The summed E-state index contributed by atoms with van der Waals surface area (Å²) in [4.78, 5) is 6.78. The van der Waals surface area contributed by atoms with Crippen molar-refractivity contribution in [3.05, 3.63) is 29.8 Å². The standard InChI is InChI=1S/C20H29F3N4O2/c1-24-18(25-14-16-6-2-3-7-17(16)29-20(21,22)23)26-15-19(8-12-28-13-9-19)27-10-4-5-11-27/h2-3,6-7H,4-5,8-15H2,1H3,(H2,24,25,26). The molecule has 2 heterocycles. The first kappa shape index (κ1) is 21.7. The van der Waals surface area contributed by atoms with Gasteiger partial charge in [-0.15, -0.1) is 13.2 Å². The molecule has 9 heteroatoms. The van der Waals surface area contributed by atoms with Crippen LogP contribution in [-0.2, 0) is 11.3 Å². The van der Waals surface area contributed by atoms with E-state index < -0.39 is 6.36 Å². The molecule has 0 saturated carbocycles. The molecule has 0 bridgehead atoms. The fraction of sp³-hybridized carbons (Fsp3) is 0.650. The molecular formula is C20H29F3N4O2. The number of likely N-dealkylation sites (tertiary alicyclic amines) is 1. The maximum atomic E-state index is 12.6. The number of aliphatic imine (C=N–C) groups is 1. The van der Waals surface area contributed by atoms with E-state index in [1.165, 1.54) is 25.0 Å². The first-order valence-electron chi connectivity index (χ1n) is 10.0. The highest BCUT2D eigenvalue weighted by molar-refractivity contribution is 5.79. The minimum absolute atomic E-state index is 0.0314. The molecular weight excluding hydrogens is 385 g/mol. The quantitative estimate of drug-likeness (QED) is 0.554. The lowest BCUT2D eigenvalue weighted by Gasteiger charge is -2.45. The summed E-state index contributed by atoms with van der Waals surface area (Å²) in [6.07, 6.45) is -0.378. The lowest BCUT2D eigenvalue weighted by atomic mass is 9.88. The topological polar surface area (TPSA) is 58.1 Å². The molecule has 3 rings (SSSR count). The molecule has 0 aromatic heterocycles. The van der Waals surface area contributed by atoms with E-state index in [0.717, 1.165) is 45.7 Å². The highest BCUT2D eigenvalue weighted by atomic mass is 19.4. The maximum Gasteiger partial charge on any atom is 0.573 e. The van der Waals surface area contributed by atoms with Gasteiger partial charge in [-0.25, -0.2) is 0 Å². The Kier molecular flexibility index (Phi) is 7.23. The molecule has 2 fully saturated rings. The van der Waals surface area contributed by atoms with Gasteiger partial charge in [0, 0.05) is 44.5 Å². The van der Waals surface area contributed by atoms with E-state index in [9.17, 15) is 13.2 Å². The third-order valence-electron chi connectivity index (χ3n) is 5.65. The van der Waals surface area contributed by atoms with Crippen molar-refractivity contribution in [2.75, 3.05) is 39.9 Å². The third kappa shape index (κ3) is 5.99. The molecule has 2 aliphatic heterocycles. The Balaban J connectivity index is 1.60. The Bertz CT molecular complexity index is 685. The Morgan fingerprint density at radius 2 is 1.86 bits per heavy atom. The molecule has 0 radical (unpaired) electrons. The number of hydrogen-bond acceptors (Lipinski definition) is 4. The molecule has 1 aromatic carbocycles. The third-order valence-corrected chi connectivity index (χ3v) is 5.65. The van der Waals surface area contributed by atoms with Crippen molar-refractivity contribution in [2.24, 2.45) is 4.99 Å². The monoisotopic (exact) mass is 414 g/mol. The number of nitrogens with zero attached hydrogens (tertiary/aromatic N) is 2. The summed E-state index contributed by atoms with van der Waals surface area (Å²) >= 11 is 0. The predicted octanol–water partition coefficient (Wildman–Crippen LogP) is 2.90. The number of alkyl halides is 3. The van der Waals surface area contributed by atoms with Gasteiger partial charge >= 0.3 is 6.36 Å². The number of benzene rings is 1. The van der Waals surface area contributed by atoms with Gasteiger partial charge in [0.25, 0.3) is 0 Å². The van der Waals surface area contributed by atoms with Crippen LogP contribution in [0.2, 0.25) is 0 Å². The SMILES string of the molecule is CN=C(NCc1ccccc1OC(F)(F)F)NCC1(N2CCCC2)CCOCC1. The molecule has 2 saturated heterocycles. The van der Waals surface area contributed by atoms with E-state index in [1.807, 2.05) is 0 Å². The largest absolute Gasteiger partial charge is 0.573 e. The van der Waals surface area contributed by atoms with Gasteiger partial charge in [-0.3, -0.25) is 9.89 Å². The molecule has 0 atom stereocenters. The van der Waals surface area contributed by atoms with Crippen molar-refractivity contribution in [2.45, 2.75) is 44.1 Å². The normalized spacial score (nSPS) is 20.5. The van der Waals surface area contributed by atoms with Gasteiger partial charge < -0.3 is 20.1 Å². The van der Waals surface area contributed by atoms with E-state index in [-0.39, 0.29) is 17.8 Å². The van der Waals surface area contributed by atoms with Crippen LogP contribution in [0.1, 0.15) is 31.2 Å². The van der Waals surface area contributed by atoms with Crippen molar-refractivity contribution in [1.82, 2.24) is 15.5 Å². The Hall–Kier alpha value is -2.00. The van der Waals surface area contributed by atoms with Crippen molar-refractivity contribution >= 4 is 5.96 Å². The summed E-state index contributed by atoms with van der Waals surface area (Å²) in [6.45, 7) is 4.56. The Morgan fingerprint density at radius 3 is 2.52 bits per heavy atom. The minimum Gasteiger partial charge on any atom is -0.405 e. The summed E-state index contributed by atoms with van der Waals surface area (Å²) < 4.78 is 47.5. The van der Waals surface area contributed by atoms with Crippen molar-refractivity contribution in [3.63, 3.8) is 0 Å². The van der Waals surface area contributed by atoms with E-state index >= 15 is 0 Å². The molecule has 0 spiro atoms. The van der Waals surface area contributed by atoms with Gasteiger partial charge in [-0.2, -0.15) is 0 Å². The highest BCUT2D eigenvalue weighted by Crippen LogP contribution is 2.31. The van der Waals surface area contributed by atoms with Crippen molar-refractivity contribution in [1.29, 1.82) is 0 Å². The molecule has 2 N–H and O–H groups in total. The van der Waals surface area contributed by atoms with Crippen LogP contribution in [0, 0.1) is 0 Å². The molecule has 0 aliphatic carbocycles. The molecule has 162 valence electrons. The minimum atomic E-state index is -4.72. The van der Waals surface area contributed by atoms with Crippen LogP contribution < -0.4 is 15.4 Å². The number of para-hydroxylation sites is 1. The first-order valence-corrected chi connectivity index (χ1v) is 10.0. The molecule has 0 amide bonds. The summed E-state index contributed by atoms with van der Waals surface area (Å²) in [5.41, 5.74) is 0.442. The van der Waals surface area contributed by atoms with Crippen LogP contribution in [0.3, 0.4) is 0 Å². The summed E-state index contributed by atoms with van der Waals surface area (Å²) in [5.74, 6) is 0.345. The molecule has 6 nitrogen and oxygen atoms in total.